The Kier molecular flexibility index (Phi) is 5.70. The van der Waals surface area contributed by atoms with Crippen LogP contribution in [0.4, 0.5) is 5.69 Å². The number of aryl methyl sites for hydroxylation is 2. The number of methoxy groups -OCH3 is 1. The second-order valence-electron chi connectivity index (χ2n) is 5.06. The molecule has 2 aromatic rings. The molecule has 0 fully saturated rings. The van der Waals surface area contributed by atoms with Crippen LogP contribution in [0.2, 0.25) is 0 Å². The zero-order valence-electron chi connectivity index (χ0n) is 13.5. The number of rotatable bonds is 5. The topological polar surface area (TPSA) is 81.7 Å². The molecule has 6 nitrogen and oxygen atoms in total. The van der Waals surface area contributed by atoms with E-state index in [1.807, 2.05) is 13.0 Å². The molecular weight excluding hydrogens is 330 g/mol. The second-order valence-corrected chi connectivity index (χ2v) is 6.34. The van der Waals surface area contributed by atoms with E-state index in [2.05, 4.69) is 10.1 Å². The fourth-order valence-corrected chi connectivity index (χ4v) is 2.70. The smallest absolute Gasteiger partial charge is 0.348 e. The van der Waals surface area contributed by atoms with Crippen molar-refractivity contribution in [2.45, 2.75) is 13.8 Å². The molecule has 0 spiro atoms. The number of carbonyl (C=O) groups is 3. The van der Waals surface area contributed by atoms with Gasteiger partial charge in [0.25, 0.3) is 5.91 Å². The Morgan fingerprint density at radius 1 is 1.08 bits per heavy atom. The Hall–Kier alpha value is -2.67. The summed E-state index contributed by atoms with van der Waals surface area (Å²) in [6.45, 7) is 3.26. The van der Waals surface area contributed by atoms with Gasteiger partial charge in [-0.25, -0.2) is 9.59 Å². The van der Waals surface area contributed by atoms with Crippen LogP contribution in [-0.2, 0) is 14.3 Å². The SMILES string of the molecule is COC(=O)c1ccc(C)c(NC(=O)COC(=O)c2ccc(C)s2)c1. The van der Waals surface area contributed by atoms with Crippen molar-refractivity contribution in [3.63, 3.8) is 0 Å². The molecule has 0 radical (unpaired) electrons. The molecule has 1 aromatic carbocycles. The van der Waals surface area contributed by atoms with Gasteiger partial charge in [0.05, 0.1) is 12.7 Å². The van der Waals surface area contributed by atoms with Gasteiger partial charge in [-0.05, 0) is 43.7 Å². The molecule has 0 atom stereocenters. The van der Waals surface area contributed by atoms with Gasteiger partial charge in [-0.15, -0.1) is 11.3 Å². The average Bonchev–Trinajstić information content (AvgIpc) is 3.00. The van der Waals surface area contributed by atoms with E-state index in [1.54, 1.807) is 25.1 Å². The van der Waals surface area contributed by atoms with Crippen LogP contribution in [0.3, 0.4) is 0 Å². The van der Waals surface area contributed by atoms with Gasteiger partial charge < -0.3 is 14.8 Å². The molecule has 1 aromatic heterocycles. The Morgan fingerprint density at radius 2 is 1.83 bits per heavy atom. The highest BCUT2D eigenvalue weighted by molar-refractivity contribution is 7.13. The van der Waals surface area contributed by atoms with Gasteiger partial charge in [0.2, 0.25) is 0 Å². The zero-order chi connectivity index (χ0) is 17.7. The molecule has 1 amide bonds. The Bertz CT molecular complexity index is 781. The molecule has 2 rings (SSSR count). The summed E-state index contributed by atoms with van der Waals surface area (Å²) in [7, 11) is 1.28. The fraction of sp³-hybridized carbons (Fsp3) is 0.235. The third-order valence-electron chi connectivity index (χ3n) is 3.21. The van der Waals surface area contributed by atoms with E-state index in [1.165, 1.54) is 24.5 Å². The normalized spacial score (nSPS) is 10.1. The Labute approximate surface area is 143 Å². The number of anilines is 1. The highest BCUT2D eigenvalue weighted by atomic mass is 32.1. The number of amides is 1. The van der Waals surface area contributed by atoms with Crippen LogP contribution in [0.25, 0.3) is 0 Å². The van der Waals surface area contributed by atoms with Crippen molar-refractivity contribution >= 4 is 34.9 Å². The monoisotopic (exact) mass is 347 g/mol. The zero-order valence-corrected chi connectivity index (χ0v) is 14.4. The van der Waals surface area contributed by atoms with Crippen LogP contribution >= 0.6 is 11.3 Å². The first-order valence-corrected chi connectivity index (χ1v) is 7.94. The maximum atomic E-state index is 12.0. The molecule has 0 saturated heterocycles. The minimum atomic E-state index is -0.539. The third-order valence-corrected chi connectivity index (χ3v) is 4.19. The first-order valence-electron chi connectivity index (χ1n) is 7.13. The molecule has 126 valence electrons. The quantitative estimate of drug-likeness (QED) is 0.841. The van der Waals surface area contributed by atoms with E-state index >= 15 is 0 Å². The van der Waals surface area contributed by atoms with Crippen molar-refractivity contribution in [1.29, 1.82) is 0 Å². The van der Waals surface area contributed by atoms with Crippen LogP contribution in [0.1, 0.15) is 30.5 Å². The number of nitrogens with one attached hydrogen (secondary N) is 1. The number of benzene rings is 1. The molecule has 1 heterocycles. The number of ether oxygens (including phenoxy) is 2. The molecule has 1 N–H and O–H groups in total. The molecule has 0 aliphatic rings. The largest absolute Gasteiger partial charge is 0.465 e. The summed E-state index contributed by atoms with van der Waals surface area (Å²) in [5.41, 5.74) is 1.56. The van der Waals surface area contributed by atoms with Crippen molar-refractivity contribution in [2.75, 3.05) is 19.0 Å². The van der Waals surface area contributed by atoms with E-state index in [-0.39, 0.29) is 0 Å². The predicted octanol–water partition coefficient (Wildman–Crippen LogP) is 2.95. The van der Waals surface area contributed by atoms with Gasteiger partial charge in [-0.3, -0.25) is 4.79 Å². The summed E-state index contributed by atoms with van der Waals surface area (Å²) < 4.78 is 9.63. The van der Waals surface area contributed by atoms with E-state index in [9.17, 15) is 14.4 Å². The molecule has 0 bridgehead atoms. The van der Waals surface area contributed by atoms with E-state index in [0.717, 1.165) is 10.4 Å². The molecule has 0 aliphatic heterocycles. The molecule has 0 unspecified atom stereocenters. The summed E-state index contributed by atoms with van der Waals surface area (Å²) in [6.07, 6.45) is 0. The van der Waals surface area contributed by atoms with Gasteiger partial charge in [-0.1, -0.05) is 6.07 Å². The summed E-state index contributed by atoms with van der Waals surface area (Å²) in [5, 5.41) is 2.62. The van der Waals surface area contributed by atoms with Crippen molar-refractivity contribution < 1.29 is 23.9 Å². The molecule has 0 aliphatic carbocycles. The Balaban J connectivity index is 1.97. The maximum Gasteiger partial charge on any atom is 0.348 e. The van der Waals surface area contributed by atoms with Crippen LogP contribution in [0, 0.1) is 13.8 Å². The minimum Gasteiger partial charge on any atom is -0.465 e. The lowest BCUT2D eigenvalue weighted by Crippen LogP contribution is -2.21. The first kappa shape index (κ1) is 17.7. The number of esters is 2. The predicted molar refractivity (Wildman–Crippen MR) is 90.5 cm³/mol. The van der Waals surface area contributed by atoms with Crippen LogP contribution < -0.4 is 5.32 Å². The van der Waals surface area contributed by atoms with Gasteiger partial charge in [0.15, 0.2) is 6.61 Å². The van der Waals surface area contributed by atoms with Crippen molar-refractivity contribution in [2.24, 2.45) is 0 Å². The highest BCUT2D eigenvalue weighted by Crippen LogP contribution is 2.18. The second kappa shape index (κ2) is 7.74. The van der Waals surface area contributed by atoms with E-state index < -0.39 is 24.5 Å². The summed E-state index contributed by atoms with van der Waals surface area (Å²) in [4.78, 5) is 36.7. The number of hydrogen-bond donors (Lipinski definition) is 1. The highest BCUT2D eigenvalue weighted by Gasteiger charge is 2.14. The molecule has 0 saturated carbocycles. The van der Waals surface area contributed by atoms with Gasteiger partial charge in [0.1, 0.15) is 4.88 Å². The van der Waals surface area contributed by atoms with Crippen LogP contribution in [0.15, 0.2) is 30.3 Å². The maximum absolute atomic E-state index is 12.0. The lowest BCUT2D eigenvalue weighted by molar-refractivity contribution is -0.119. The standard InChI is InChI=1S/C17H17NO5S/c1-10-4-6-12(16(20)22-3)8-13(10)18-15(19)9-23-17(21)14-7-5-11(2)24-14/h4-8H,9H2,1-3H3,(H,18,19). The summed E-state index contributed by atoms with van der Waals surface area (Å²) >= 11 is 1.30. The summed E-state index contributed by atoms with van der Waals surface area (Å²) in [6, 6.07) is 8.29. The number of hydrogen-bond acceptors (Lipinski definition) is 6. The lowest BCUT2D eigenvalue weighted by Gasteiger charge is -2.10. The van der Waals surface area contributed by atoms with Crippen molar-refractivity contribution in [3.8, 4) is 0 Å². The lowest BCUT2D eigenvalue weighted by atomic mass is 10.1. The minimum absolute atomic E-state index is 0.324. The fourth-order valence-electron chi connectivity index (χ4n) is 1.93. The molecule has 7 heteroatoms. The van der Waals surface area contributed by atoms with Crippen LogP contribution in [0.5, 0.6) is 0 Å². The molecule has 24 heavy (non-hydrogen) atoms. The van der Waals surface area contributed by atoms with Gasteiger partial charge in [0, 0.05) is 10.6 Å². The van der Waals surface area contributed by atoms with Crippen LogP contribution in [-0.4, -0.2) is 31.6 Å². The van der Waals surface area contributed by atoms with Gasteiger partial charge in [-0.2, -0.15) is 0 Å². The van der Waals surface area contributed by atoms with Crippen molar-refractivity contribution in [3.05, 3.63) is 51.2 Å². The van der Waals surface area contributed by atoms with E-state index in [4.69, 9.17) is 4.74 Å². The average molecular weight is 347 g/mol. The van der Waals surface area contributed by atoms with Gasteiger partial charge >= 0.3 is 11.9 Å². The third kappa shape index (κ3) is 4.42. The van der Waals surface area contributed by atoms with Crippen molar-refractivity contribution in [1.82, 2.24) is 0 Å². The summed E-state index contributed by atoms with van der Waals surface area (Å²) in [5.74, 6) is -1.52. The Morgan fingerprint density at radius 3 is 2.46 bits per heavy atom. The molecular formula is C17H17NO5S. The number of thiophene rings is 1. The number of carbonyl (C=O) groups excluding carboxylic acids is 3. The van der Waals surface area contributed by atoms with E-state index in [0.29, 0.717) is 16.1 Å². The first-order chi connectivity index (χ1) is 11.4.